The molecule has 1 atom stereocenters. The second kappa shape index (κ2) is 10.4. The van der Waals surface area contributed by atoms with E-state index < -0.39 is 6.10 Å². The minimum atomic E-state index is -0.673. The van der Waals surface area contributed by atoms with Crippen molar-refractivity contribution in [2.75, 3.05) is 5.32 Å². The van der Waals surface area contributed by atoms with Crippen LogP contribution in [0.2, 0.25) is 0 Å². The number of hydrogen-bond donors (Lipinski definition) is 2. The lowest BCUT2D eigenvalue weighted by atomic mass is 10.1. The van der Waals surface area contributed by atoms with E-state index in [1.807, 2.05) is 51.1 Å². The SMILES string of the molecule is CC[C@@H](Oc1cc(C)cc(C)c1)C(=O)Nc1ccccc1C(=O)NCc1cccnc1. The number of nitrogens with zero attached hydrogens (tertiary/aromatic N) is 1. The van der Waals surface area contributed by atoms with Gasteiger partial charge in [-0.15, -0.1) is 0 Å². The normalized spacial score (nSPS) is 11.5. The van der Waals surface area contributed by atoms with Crippen LogP contribution in [-0.2, 0) is 11.3 Å². The summed E-state index contributed by atoms with van der Waals surface area (Å²) in [6, 6.07) is 16.5. The Labute approximate surface area is 182 Å². The minimum absolute atomic E-state index is 0.275. The first-order valence-electron chi connectivity index (χ1n) is 10.3. The number of aryl methyl sites for hydroxylation is 2. The van der Waals surface area contributed by atoms with E-state index in [2.05, 4.69) is 15.6 Å². The second-order valence-corrected chi connectivity index (χ2v) is 7.42. The molecule has 2 N–H and O–H groups in total. The quantitative estimate of drug-likeness (QED) is 0.568. The molecule has 6 heteroatoms. The van der Waals surface area contributed by atoms with Gasteiger partial charge < -0.3 is 15.4 Å². The fourth-order valence-corrected chi connectivity index (χ4v) is 3.27. The Hall–Kier alpha value is -3.67. The van der Waals surface area contributed by atoms with E-state index in [0.717, 1.165) is 16.7 Å². The van der Waals surface area contributed by atoms with Crippen LogP contribution in [0.5, 0.6) is 5.75 Å². The van der Waals surface area contributed by atoms with Crippen molar-refractivity contribution < 1.29 is 14.3 Å². The average Bonchev–Trinajstić information content (AvgIpc) is 2.76. The van der Waals surface area contributed by atoms with E-state index >= 15 is 0 Å². The Morgan fingerprint density at radius 2 is 1.77 bits per heavy atom. The van der Waals surface area contributed by atoms with Gasteiger partial charge in [-0.25, -0.2) is 0 Å². The van der Waals surface area contributed by atoms with Crippen molar-refractivity contribution in [1.82, 2.24) is 10.3 Å². The summed E-state index contributed by atoms with van der Waals surface area (Å²) in [6.45, 7) is 6.21. The third-order valence-electron chi connectivity index (χ3n) is 4.74. The number of benzene rings is 2. The third kappa shape index (κ3) is 6.15. The number of amides is 2. The van der Waals surface area contributed by atoms with Gasteiger partial charge in [-0.2, -0.15) is 0 Å². The maximum absolute atomic E-state index is 12.9. The lowest BCUT2D eigenvalue weighted by molar-refractivity contribution is -0.122. The highest BCUT2D eigenvalue weighted by Crippen LogP contribution is 2.20. The van der Waals surface area contributed by atoms with Gasteiger partial charge >= 0.3 is 0 Å². The first kappa shape index (κ1) is 22.0. The number of ether oxygens (including phenoxy) is 1. The van der Waals surface area contributed by atoms with Gasteiger partial charge in [0.25, 0.3) is 11.8 Å². The zero-order chi connectivity index (χ0) is 22.2. The zero-order valence-corrected chi connectivity index (χ0v) is 18.0. The van der Waals surface area contributed by atoms with Crippen LogP contribution >= 0.6 is 0 Å². The smallest absolute Gasteiger partial charge is 0.265 e. The minimum Gasteiger partial charge on any atom is -0.481 e. The lowest BCUT2D eigenvalue weighted by Crippen LogP contribution is -2.33. The Bertz CT molecular complexity index is 1030. The number of anilines is 1. The standard InChI is InChI=1S/C25H27N3O3/c1-4-23(31-20-13-17(2)12-18(3)14-20)25(30)28-22-10-6-5-9-21(22)24(29)27-16-19-8-7-11-26-15-19/h5-15,23H,4,16H2,1-3H3,(H,27,29)(H,28,30)/t23-/m1/s1. The van der Waals surface area contributed by atoms with Gasteiger partial charge in [0.05, 0.1) is 11.3 Å². The molecule has 0 saturated carbocycles. The van der Waals surface area contributed by atoms with Crippen LogP contribution in [0.4, 0.5) is 5.69 Å². The van der Waals surface area contributed by atoms with Crippen molar-refractivity contribution >= 4 is 17.5 Å². The van der Waals surface area contributed by atoms with E-state index in [1.54, 1.807) is 36.7 Å². The number of pyridine rings is 1. The van der Waals surface area contributed by atoms with Crippen molar-refractivity contribution in [2.45, 2.75) is 39.8 Å². The van der Waals surface area contributed by atoms with Crippen LogP contribution in [-0.4, -0.2) is 22.9 Å². The summed E-state index contributed by atoms with van der Waals surface area (Å²) < 4.78 is 5.95. The first-order chi connectivity index (χ1) is 15.0. The molecule has 0 saturated heterocycles. The van der Waals surface area contributed by atoms with Crippen LogP contribution in [0.3, 0.4) is 0 Å². The van der Waals surface area contributed by atoms with Gasteiger partial charge in [-0.3, -0.25) is 14.6 Å². The van der Waals surface area contributed by atoms with Crippen LogP contribution in [0.1, 0.15) is 40.4 Å². The number of aromatic nitrogens is 1. The van der Waals surface area contributed by atoms with Crippen LogP contribution in [0.15, 0.2) is 67.0 Å². The molecule has 0 spiro atoms. The van der Waals surface area contributed by atoms with Gasteiger partial charge in [0.2, 0.25) is 0 Å². The van der Waals surface area contributed by atoms with Crippen LogP contribution in [0, 0.1) is 13.8 Å². The predicted molar refractivity (Wildman–Crippen MR) is 121 cm³/mol. The van der Waals surface area contributed by atoms with Crippen molar-refractivity contribution in [3.8, 4) is 5.75 Å². The van der Waals surface area contributed by atoms with Crippen molar-refractivity contribution in [3.63, 3.8) is 0 Å². The van der Waals surface area contributed by atoms with E-state index in [-0.39, 0.29) is 11.8 Å². The summed E-state index contributed by atoms with van der Waals surface area (Å²) in [5.41, 5.74) is 3.87. The molecular formula is C25H27N3O3. The zero-order valence-electron chi connectivity index (χ0n) is 18.0. The highest BCUT2D eigenvalue weighted by molar-refractivity contribution is 6.04. The molecule has 3 aromatic rings. The summed E-state index contributed by atoms with van der Waals surface area (Å²) in [5.74, 6) is 0.0826. The highest BCUT2D eigenvalue weighted by atomic mass is 16.5. The molecule has 0 aliphatic carbocycles. The van der Waals surface area contributed by atoms with E-state index in [4.69, 9.17) is 4.74 Å². The molecule has 160 valence electrons. The molecule has 0 fully saturated rings. The summed E-state index contributed by atoms with van der Waals surface area (Å²) in [6.07, 6.45) is 3.20. The molecule has 0 bridgehead atoms. The highest BCUT2D eigenvalue weighted by Gasteiger charge is 2.21. The fraction of sp³-hybridized carbons (Fsp3) is 0.240. The maximum Gasteiger partial charge on any atom is 0.265 e. The monoisotopic (exact) mass is 417 g/mol. The third-order valence-corrected chi connectivity index (χ3v) is 4.74. The number of carbonyl (C=O) groups excluding carboxylic acids is 2. The molecule has 2 amide bonds. The summed E-state index contributed by atoms with van der Waals surface area (Å²) in [4.78, 5) is 29.7. The van der Waals surface area contributed by atoms with Crippen LogP contribution in [0.25, 0.3) is 0 Å². The van der Waals surface area contributed by atoms with Crippen molar-refractivity contribution in [2.24, 2.45) is 0 Å². The molecule has 1 aromatic heterocycles. The predicted octanol–water partition coefficient (Wildman–Crippen LogP) is 4.42. The van der Waals surface area contributed by atoms with Gasteiger partial charge in [0, 0.05) is 18.9 Å². The van der Waals surface area contributed by atoms with Crippen molar-refractivity contribution in [1.29, 1.82) is 0 Å². The summed E-state index contributed by atoms with van der Waals surface area (Å²) in [7, 11) is 0. The van der Waals surface area contributed by atoms with E-state index in [9.17, 15) is 9.59 Å². The molecule has 0 aliphatic heterocycles. The van der Waals surface area contributed by atoms with E-state index in [0.29, 0.717) is 30.0 Å². The molecule has 3 rings (SSSR count). The van der Waals surface area contributed by atoms with Crippen LogP contribution < -0.4 is 15.4 Å². The summed E-state index contributed by atoms with van der Waals surface area (Å²) >= 11 is 0. The fourth-order valence-electron chi connectivity index (χ4n) is 3.27. The molecule has 2 aromatic carbocycles. The Kier molecular flexibility index (Phi) is 7.38. The molecule has 31 heavy (non-hydrogen) atoms. The number of nitrogens with one attached hydrogen (secondary N) is 2. The second-order valence-electron chi connectivity index (χ2n) is 7.42. The van der Waals surface area contributed by atoms with E-state index in [1.165, 1.54) is 0 Å². The number of rotatable bonds is 8. The average molecular weight is 418 g/mol. The molecule has 6 nitrogen and oxygen atoms in total. The maximum atomic E-state index is 12.9. The summed E-state index contributed by atoms with van der Waals surface area (Å²) in [5, 5.41) is 5.72. The molecule has 0 unspecified atom stereocenters. The largest absolute Gasteiger partial charge is 0.481 e. The molecule has 1 heterocycles. The van der Waals surface area contributed by atoms with Gasteiger partial charge in [0.1, 0.15) is 5.75 Å². The molecule has 0 radical (unpaired) electrons. The number of hydrogen-bond acceptors (Lipinski definition) is 4. The van der Waals surface area contributed by atoms with Crippen molar-refractivity contribution in [3.05, 3.63) is 89.2 Å². The van der Waals surface area contributed by atoms with Gasteiger partial charge in [0.15, 0.2) is 6.10 Å². The Morgan fingerprint density at radius 1 is 1.03 bits per heavy atom. The lowest BCUT2D eigenvalue weighted by Gasteiger charge is -2.19. The topological polar surface area (TPSA) is 80.3 Å². The number of para-hydroxylation sites is 1. The molecular weight excluding hydrogens is 390 g/mol. The van der Waals surface area contributed by atoms with Gasteiger partial charge in [-0.1, -0.05) is 31.2 Å². The van der Waals surface area contributed by atoms with Gasteiger partial charge in [-0.05, 0) is 67.3 Å². The Balaban J connectivity index is 1.69. The Morgan fingerprint density at radius 3 is 2.45 bits per heavy atom. The first-order valence-corrected chi connectivity index (χ1v) is 10.3. The number of carbonyl (C=O) groups is 2. The molecule has 0 aliphatic rings.